The summed E-state index contributed by atoms with van der Waals surface area (Å²) in [5.41, 5.74) is 1.50. The summed E-state index contributed by atoms with van der Waals surface area (Å²) in [4.78, 5) is 47.3. The lowest BCUT2D eigenvalue weighted by Gasteiger charge is -2.13. The van der Waals surface area contributed by atoms with Crippen LogP contribution in [0.25, 0.3) is 0 Å². The fourth-order valence-electron chi connectivity index (χ4n) is 2.32. The zero-order chi connectivity index (χ0) is 21.8. The van der Waals surface area contributed by atoms with Crippen LogP contribution in [0.1, 0.15) is 18.9 Å². The Kier molecular flexibility index (Phi) is 8.85. The summed E-state index contributed by atoms with van der Waals surface area (Å²) in [7, 11) is 0. The van der Waals surface area contributed by atoms with Gasteiger partial charge in [0, 0.05) is 18.8 Å². The number of esters is 1. The number of para-hydroxylation sites is 1. The first-order valence-corrected chi connectivity index (χ1v) is 9.36. The van der Waals surface area contributed by atoms with Crippen LogP contribution >= 0.6 is 0 Å². The highest BCUT2D eigenvalue weighted by molar-refractivity contribution is 5.97. The Hall–Kier alpha value is -3.88. The van der Waals surface area contributed by atoms with E-state index in [0.717, 1.165) is 5.56 Å². The van der Waals surface area contributed by atoms with Crippen LogP contribution in [-0.4, -0.2) is 36.6 Å². The number of carbonyl (C=O) groups excluding carboxylic acids is 4. The molecule has 5 amide bonds. The van der Waals surface area contributed by atoms with Gasteiger partial charge in [-0.25, -0.2) is 9.59 Å². The van der Waals surface area contributed by atoms with E-state index in [4.69, 9.17) is 4.74 Å². The van der Waals surface area contributed by atoms with Gasteiger partial charge in [0.1, 0.15) is 0 Å². The Morgan fingerprint density at radius 1 is 0.867 bits per heavy atom. The maximum absolute atomic E-state index is 12.0. The number of carbonyl (C=O) groups is 4. The zero-order valence-corrected chi connectivity index (χ0v) is 16.5. The number of benzene rings is 2. The molecule has 0 aliphatic carbocycles. The lowest BCUT2D eigenvalue weighted by Crippen LogP contribution is -2.44. The topological polar surface area (TPSA) is 126 Å². The Balaban J connectivity index is 1.62. The van der Waals surface area contributed by atoms with Gasteiger partial charge in [0.15, 0.2) is 6.10 Å². The normalized spacial score (nSPS) is 11.0. The van der Waals surface area contributed by atoms with Crippen LogP contribution in [0.4, 0.5) is 15.3 Å². The Bertz CT molecular complexity index is 858. The summed E-state index contributed by atoms with van der Waals surface area (Å²) in [6.07, 6.45) is -1.28. The number of urea groups is 2. The standard InChI is InChI=1S/C21H24N4O5/c1-15(19(27)25-21(29)23-14-16-8-4-2-5-9-16)30-18(26)12-13-22-20(28)24-17-10-6-3-7-11-17/h2-11,15H,12-14H2,1H3,(H2,22,24,28)(H2,23,25,27,29)/t15-/m1/s1. The molecular formula is C21H24N4O5. The van der Waals surface area contributed by atoms with E-state index in [1.807, 2.05) is 36.4 Å². The molecule has 0 aliphatic rings. The van der Waals surface area contributed by atoms with Crippen molar-refractivity contribution in [2.24, 2.45) is 0 Å². The van der Waals surface area contributed by atoms with Crippen LogP contribution in [0.15, 0.2) is 60.7 Å². The average molecular weight is 412 g/mol. The molecule has 158 valence electrons. The van der Waals surface area contributed by atoms with Crippen LogP contribution in [0, 0.1) is 0 Å². The molecule has 1 atom stereocenters. The number of anilines is 1. The quantitative estimate of drug-likeness (QED) is 0.495. The second-order valence-corrected chi connectivity index (χ2v) is 6.29. The molecule has 0 heterocycles. The first-order chi connectivity index (χ1) is 14.4. The van der Waals surface area contributed by atoms with Gasteiger partial charge in [-0.15, -0.1) is 0 Å². The Labute approximate surface area is 174 Å². The molecule has 30 heavy (non-hydrogen) atoms. The molecule has 0 saturated carbocycles. The highest BCUT2D eigenvalue weighted by Gasteiger charge is 2.19. The highest BCUT2D eigenvalue weighted by Crippen LogP contribution is 2.04. The zero-order valence-electron chi connectivity index (χ0n) is 16.5. The second kappa shape index (κ2) is 11.8. The third-order valence-electron chi connectivity index (χ3n) is 3.86. The lowest BCUT2D eigenvalue weighted by atomic mass is 10.2. The summed E-state index contributed by atoms with van der Waals surface area (Å²) >= 11 is 0. The Morgan fingerprint density at radius 2 is 1.50 bits per heavy atom. The van der Waals surface area contributed by atoms with Crippen LogP contribution in [0.3, 0.4) is 0 Å². The van der Waals surface area contributed by atoms with E-state index in [-0.39, 0.29) is 19.5 Å². The molecule has 2 aromatic rings. The van der Waals surface area contributed by atoms with Gasteiger partial charge in [0.25, 0.3) is 5.91 Å². The average Bonchev–Trinajstić information content (AvgIpc) is 2.73. The maximum atomic E-state index is 12.0. The molecular weight excluding hydrogens is 388 g/mol. The summed E-state index contributed by atoms with van der Waals surface area (Å²) in [5, 5.41) is 9.77. The SMILES string of the molecule is C[C@@H](OC(=O)CCNC(=O)Nc1ccccc1)C(=O)NC(=O)NCc1ccccc1. The number of amides is 5. The molecule has 2 rings (SSSR count). The van der Waals surface area contributed by atoms with E-state index in [1.165, 1.54) is 6.92 Å². The van der Waals surface area contributed by atoms with Gasteiger partial charge in [-0.05, 0) is 24.6 Å². The van der Waals surface area contributed by atoms with Crippen molar-refractivity contribution in [2.75, 3.05) is 11.9 Å². The molecule has 4 N–H and O–H groups in total. The summed E-state index contributed by atoms with van der Waals surface area (Å²) in [5.74, 6) is -1.42. The molecule has 2 aromatic carbocycles. The monoisotopic (exact) mass is 412 g/mol. The molecule has 0 radical (unpaired) electrons. The fourth-order valence-corrected chi connectivity index (χ4v) is 2.32. The van der Waals surface area contributed by atoms with Crippen molar-refractivity contribution < 1.29 is 23.9 Å². The van der Waals surface area contributed by atoms with Crippen LogP contribution < -0.4 is 21.3 Å². The van der Waals surface area contributed by atoms with Crippen molar-refractivity contribution in [3.05, 3.63) is 66.2 Å². The smallest absolute Gasteiger partial charge is 0.321 e. The van der Waals surface area contributed by atoms with E-state index >= 15 is 0 Å². The lowest BCUT2D eigenvalue weighted by molar-refractivity contribution is -0.154. The number of ether oxygens (including phenoxy) is 1. The minimum absolute atomic E-state index is 0.0312. The molecule has 0 spiro atoms. The predicted octanol–water partition coefficient (Wildman–Crippen LogP) is 2.16. The molecule has 0 saturated heterocycles. The molecule has 0 fully saturated rings. The van der Waals surface area contributed by atoms with Crippen LogP contribution in [0.5, 0.6) is 0 Å². The summed E-state index contributed by atoms with van der Waals surface area (Å²) in [6, 6.07) is 16.9. The minimum Gasteiger partial charge on any atom is -0.452 e. The Morgan fingerprint density at radius 3 is 2.17 bits per heavy atom. The van der Waals surface area contributed by atoms with E-state index in [0.29, 0.717) is 5.69 Å². The molecule has 0 aliphatic heterocycles. The van der Waals surface area contributed by atoms with E-state index in [9.17, 15) is 19.2 Å². The fraction of sp³-hybridized carbons (Fsp3) is 0.238. The van der Waals surface area contributed by atoms with E-state index in [1.54, 1.807) is 24.3 Å². The summed E-state index contributed by atoms with van der Waals surface area (Å²) < 4.78 is 4.97. The molecule has 0 bridgehead atoms. The second-order valence-electron chi connectivity index (χ2n) is 6.29. The van der Waals surface area contributed by atoms with Gasteiger partial charge >= 0.3 is 18.0 Å². The van der Waals surface area contributed by atoms with Crippen LogP contribution in [0.2, 0.25) is 0 Å². The highest BCUT2D eigenvalue weighted by atomic mass is 16.5. The van der Waals surface area contributed by atoms with Gasteiger partial charge < -0.3 is 20.7 Å². The first kappa shape index (κ1) is 22.4. The molecule has 0 unspecified atom stereocenters. The van der Waals surface area contributed by atoms with Crippen molar-refractivity contribution in [3.8, 4) is 0 Å². The van der Waals surface area contributed by atoms with Crippen molar-refractivity contribution in [3.63, 3.8) is 0 Å². The molecule has 0 aromatic heterocycles. The summed E-state index contributed by atoms with van der Waals surface area (Å²) in [6.45, 7) is 1.64. The van der Waals surface area contributed by atoms with Gasteiger partial charge in [0.05, 0.1) is 6.42 Å². The van der Waals surface area contributed by atoms with E-state index < -0.39 is 30.0 Å². The number of nitrogens with one attached hydrogen (secondary N) is 4. The van der Waals surface area contributed by atoms with E-state index in [2.05, 4.69) is 21.3 Å². The van der Waals surface area contributed by atoms with Gasteiger partial charge in [0.2, 0.25) is 0 Å². The predicted molar refractivity (Wildman–Crippen MR) is 110 cm³/mol. The van der Waals surface area contributed by atoms with Gasteiger partial charge in [-0.2, -0.15) is 0 Å². The minimum atomic E-state index is -1.15. The largest absolute Gasteiger partial charge is 0.452 e. The van der Waals surface area contributed by atoms with Crippen molar-refractivity contribution >= 4 is 29.6 Å². The third-order valence-corrected chi connectivity index (χ3v) is 3.86. The molecule has 9 nitrogen and oxygen atoms in total. The van der Waals surface area contributed by atoms with Crippen molar-refractivity contribution in [1.82, 2.24) is 16.0 Å². The number of rotatable bonds is 8. The number of hydrogen-bond donors (Lipinski definition) is 4. The molecule has 9 heteroatoms. The third kappa shape index (κ3) is 8.42. The number of hydrogen-bond acceptors (Lipinski definition) is 5. The first-order valence-electron chi connectivity index (χ1n) is 9.36. The number of imide groups is 1. The van der Waals surface area contributed by atoms with Crippen LogP contribution in [-0.2, 0) is 20.9 Å². The van der Waals surface area contributed by atoms with Crippen molar-refractivity contribution in [1.29, 1.82) is 0 Å². The maximum Gasteiger partial charge on any atom is 0.321 e. The van der Waals surface area contributed by atoms with Gasteiger partial charge in [-0.3, -0.25) is 14.9 Å². The van der Waals surface area contributed by atoms with Gasteiger partial charge in [-0.1, -0.05) is 48.5 Å². The van der Waals surface area contributed by atoms with Crippen molar-refractivity contribution in [2.45, 2.75) is 26.0 Å².